The Kier molecular flexibility index (Phi) is 2.87. The summed E-state index contributed by atoms with van der Waals surface area (Å²) in [4.78, 5) is 5.23. The van der Waals surface area contributed by atoms with Crippen molar-refractivity contribution in [2.45, 2.75) is 13.5 Å². The lowest BCUT2D eigenvalue weighted by Gasteiger charge is -2.09. The molecule has 2 aromatic rings. The first-order chi connectivity index (χ1) is 7.27. The number of nitrogens with zero attached hydrogens (tertiary/aromatic N) is 1. The van der Waals surface area contributed by atoms with E-state index in [4.69, 9.17) is 5.73 Å². The first-order valence-electron chi connectivity index (χ1n) is 4.73. The van der Waals surface area contributed by atoms with Crippen LogP contribution < -0.4 is 11.1 Å². The van der Waals surface area contributed by atoms with E-state index in [2.05, 4.69) is 10.3 Å². The van der Waals surface area contributed by atoms with Gasteiger partial charge in [-0.2, -0.15) is 0 Å². The number of thiazole rings is 1. The number of rotatable bonds is 3. The van der Waals surface area contributed by atoms with Gasteiger partial charge in [-0.15, -0.1) is 11.3 Å². The maximum Gasteiger partial charge on any atom is 0.0794 e. The Bertz CT molecular complexity index is 437. The molecule has 1 aromatic carbocycles. The molecule has 0 fully saturated rings. The van der Waals surface area contributed by atoms with Crippen LogP contribution in [0.25, 0.3) is 0 Å². The van der Waals surface area contributed by atoms with Gasteiger partial charge in [0, 0.05) is 11.1 Å². The molecule has 0 atom stereocenters. The maximum absolute atomic E-state index is 5.95. The van der Waals surface area contributed by atoms with E-state index in [1.807, 2.05) is 36.8 Å². The summed E-state index contributed by atoms with van der Waals surface area (Å²) in [6.07, 6.45) is 1.86. The third kappa shape index (κ3) is 2.27. The summed E-state index contributed by atoms with van der Waals surface area (Å²) in [6, 6.07) is 6.00. The van der Waals surface area contributed by atoms with Gasteiger partial charge in [0.05, 0.1) is 23.4 Å². The van der Waals surface area contributed by atoms with E-state index in [0.29, 0.717) is 0 Å². The van der Waals surface area contributed by atoms with E-state index in [1.54, 1.807) is 11.3 Å². The Morgan fingerprint density at radius 3 is 3.07 bits per heavy atom. The lowest BCUT2D eigenvalue weighted by Crippen LogP contribution is -2.02. The molecule has 3 nitrogen and oxygen atoms in total. The molecule has 15 heavy (non-hydrogen) atoms. The Morgan fingerprint density at radius 2 is 2.33 bits per heavy atom. The molecule has 3 N–H and O–H groups in total. The molecule has 0 spiro atoms. The van der Waals surface area contributed by atoms with Gasteiger partial charge < -0.3 is 11.1 Å². The van der Waals surface area contributed by atoms with Gasteiger partial charge in [0.2, 0.25) is 0 Å². The predicted molar refractivity (Wildman–Crippen MR) is 65.0 cm³/mol. The van der Waals surface area contributed by atoms with Crippen LogP contribution in [0, 0.1) is 6.92 Å². The lowest BCUT2D eigenvalue weighted by atomic mass is 10.2. The number of benzene rings is 1. The standard InChI is InChI=1S/C11H13N3S/c1-8-3-2-4-10(11(8)12)14-6-9-5-13-7-15-9/h2-5,7,14H,6,12H2,1H3. The molecule has 0 bridgehead atoms. The van der Waals surface area contributed by atoms with Gasteiger partial charge in [-0.1, -0.05) is 12.1 Å². The smallest absolute Gasteiger partial charge is 0.0794 e. The summed E-state index contributed by atoms with van der Waals surface area (Å²) in [6.45, 7) is 2.78. The number of hydrogen-bond donors (Lipinski definition) is 2. The number of aromatic nitrogens is 1. The number of nitrogens with two attached hydrogens (primary N) is 1. The predicted octanol–water partition coefficient (Wildman–Crippen LogP) is 2.65. The van der Waals surface area contributed by atoms with Crippen LogP contribution in [-0.2, 0) is 6.54 Å². The summed E-state index contributed by atoms with van der Waals surface area (Å²) in [5.74, 6) is 0. The van der Waals surface area contributed by atoms with Gasteiger partial charge in [0.1, 0.15) is 0 Å². The zero-order chi connectivity index (χ0) is 10.7. The Morgan fingerprint density at radius 1 is 1.47 bits per heavy atom. The van der Waals surface area contributed by atoms with Gasteiger partial charge >= 0.3 is 0 Å². The van der Waals surface area contributed by atoms with Crippen molar-refractivity contribution in [2.75, 3.05) is 11.1 Å². The third-order valence-corrected chi connectivity index (χ3v) is 3.04. The van der Waals surface area contributed by atoms with Crippen molar-refractivity contribution in [2.24, 2.45) is 0 Å². The first-order valence-corrected chi connectivity index (χ1v) is 5.61. The molecule has 0 saturated carbocycles. The number of hydrogen-bond acceptors (Lipinski definition) is 4. The van der Waals surface area contributed by atoms with Gasteiger partial charge in [0.15, 0.2) is 0 Å². The third-order valence-electron chi connectivity index (χ3n) is 2.26. The summed E-state index contributed by atoms with van der Waals surface area (Å²) in [7, 11) is 0. The Hall–Kier alpha value is -1.55. The average Bonchev–Trinajstić information content (AvgIpc) is 2.73. The fourth-order valence-corrected chi connectivity index (χ4v) is 1.88. The molecule has 0 aliphatic carbocycles. The highest BCUT2D eigenvalue weighted by atomic mass is 32.1. The minimum absolute atomic E-state index is 0.776. The second-order valence-corrected chi connectivity index (χ2v) is 4.33. The monoisotopic (exact) mass is 219 g/mol. The largest absolute Gasteiger partial charge is 0.397 e. The van der Waals surface area contributed by atoms with Crippen LogP contribution in [-0.4, -0.2) is 4.98 Å². The number of para-hydroxylation sites is 1. The van der Waals surface area contributed by atoms with E-state index in [-0.39, 0.29) is 0 Å². The SMILES string of the molecule is Cc1cccc(NCc2cncs2)c1N. The van der Waals surface area contributed by atoms with Gasteiger partial charge in [0.25, 0.3) is 0 Å². The van der Waals surface area contributed by atoms with Crippen LogP contribution in [0.2, 0.25) is 0 Å². The molecule has 0 saturated heterocycles. The molecule has 0 aliphatic heterocycles. The van der Waals surface area contributed by atoms with Crippen LogP contribution in [0.3, 0.4) is 0 Å². The van der Waals surface area contributed by atoms with Crippen molar-refractivity contribution in [3.05, 3.63) is 40.3 Å². The number of anilines is 2. The average molecular weight is 219 g/mol. The van der Waals surface area contributed by atoms with Gasteiger partial charge in [-0.3, -0.25) is 4.98 Å². The summed E-state index contributed by atoms with van der Waals surface area (Å²) in [5, 5.41) is 3.30. The van der Waals surface area contributed by atoms with E-state index < -0.39 is 0 Å². The van der Waals surface area contributed by atoms with E-state index in [1.165, 1.54) is 4.88 Å². The molecule has 2 rings (SSSR count). The molecular weight excluding hydrogens is 206 g/mol. The van der Waals surface area contributed by atoms with Gasteiger partial charge in [-0.25, -0.2) is 0 Å². The van der Waals surface area contributed by atoms with Crippen LogP contribution in [0.1, 0.15) is 10.4 Å². The number of nitrogens with one attached hydrogen (secondary N) is 1. The minimum atomic E-state index is 0.776. The highest BCUT2D eigenvalue weighted by Gasteiger charge is 2.01. The Labute approximate surface area is 93.0 Å². The molecule has 78 valence electrons. The summed E-state index contributed by atoms with van der Waals surface area (Å²) in [5.41, 5.74) is 10.7. The normalized spacial score (nSPS) is 10.2. The molecule has 1 aromatic heterocycles. The van der Waals surface area contributed by atoms with E-state index >= 15 is 0 Å². The zero-order valence-corrected chi connectivity index (χ0v) is 9.34. The van der Waals surface area contributed by atoms with Crippen molar-refractivity contribution in [3.8, 4) is 0 Å². The van der Waals surface area contributed by atoms with Crippen molar-refractivity contribution >= 4 is 22.7 Å². The zero-order valence-electron chi connectivity index (χ0n) is 8.53. The Balaban J connectivity index is 2.08. The number of nitrogen functional groups attached to an aromatic ring is 1. The van der Waals surface area contributed by atoms with Gasteiger partial charge in [-0.05, 0) is 18.6 Å². The fourth-order valence-electron chi connectivity index (χ4n) is 1.35. The first kappa shape index (κ1) is 9.98. The molecule has 0 radical (unpaired) electrons. The second-order valence-electron chi connectivity index (χ2n) is 3.36. The summed E-state index contributed by atoms with van der Waals surface area (Å²) >= 11 is 1.64. The highest BCUT2D eigenvalue weighted by Crippen LogP contribution is 2.22. The lowest BCUT2D eigenvalue weighted by molar-refractivity contribution is 1.17. The molecule has 0 amide bonds. The maximum atomic E-state index is 5.95. The topological polar surface area (TPSA) is 50.9 Å². The molecule has 1 heterocycles. The molecule has 4 heteroatoms. The fraction of sp³-hybridized carbons (Fsp3) is 0.182. The van der Waals surface area contributed by atoms with Crippen molar-refractivity contribution in [3.63, 3.8) is 0 Å². The number of aryl methyl sites for hydroxylation is 1. The second kappa shape index (κ2) is 4.31. The van der Waals surface area contributed by atoms with Crippen molar-refractivity contribution < 1.29 is 0 Å². The van der Waals surface area contributed by atoms with Crippen LogP contribution in [0.4, 0.5) is 11.4 Å². The highest BCUT2D eigenvalue weighted by molar-refractivity contribution is 7.09. The van der Waals surface area contributed by atoms with Crippen molar-refractivity contribution in [1.29, 1.82) is 0 Å². The van der Waals surface area contributed by atoms with E-state index in [0.717, 1.165) is 23.5 Å². The van der Waals surface area contributed by atoms with E-state index in [9.17, 15) is 0 Å². The summed E-state index contributed by atoms with van der Waals surface area (Å²) < 4.78 is 0. The molecule has 0 unspecified atom stereocenters. The quantitative estimate of drug-likeness (QED) is 0.780. The van der Waals surface area contributed by atoms with Crippen LogP contribution in [0.5, 0.6) is 0 Å². The van der Waals surface area contributed by atoms with Crippen molar-refractivity contribution in [1.82, 2.24) is 4.98 Å². The minimum Gasteiger partial charge on any atom is -0.397 e. The molecule has 0 aliphatic rings. The van der Waals surface area contributed by atoms with Crippen LogP contribution >= 0.6 is 11.3 Å². The van der Waals surface area contributed by atoms with Crippen LogP contribution in [0.15, 0.2) is 29.9 Å². The molecular formula is C11H13N3S.